The summed E-state index contributed by atoms with van der Waals surface area (Å²) in [6, 6.07) is 0. The fourth-order valence-corrected chi connectivity index (χ4v) is 2.00. The number of rotatable bonds is 4. The van der Waals surface area contributed by atoms with Crippen molar-refractivity contribution in [2.75, 3.05) is 26.2 Å². The maximum Gasteiger partial charge on any atom is 2.00 e. The van der Waals surface area contributed by atoms with Crippen LogP contribution in [0.4, 0.5) is 0 Å². The topological polar surface area (TPSA) is 6.48 Å². The summed E-state index contributed by atoms with van der Waals surface area (Å²) in [5.41, 5.74) is 0. The Hall–Kier alpha value is 1.14. The summed E-state index contributed by atoms with van der Waals surface area (Å²) in [5, 5.41) is 0. The Morgan fingerprint density at radius 1 is 0.765 bits per heavy atom. The van der Waals surface area contributed by atoms with E-state index in [1.54, 1.807) is 0 Å². The fraction of sp³-hybridized carbons (Fsp3) is 0.800. The van der Waals surface area contributed by atoms with E-state index in [4.69, 9.17) is 49.7 Å². The van der Waals surface area contributed by atoms with Crippen LogP contribution in [0, 0.1) is 0 Å². The van der Waals surface area contributed by atoms with Crippen molar-refractivity contribution in [3.8, 4) is 0 Å². The molecule has 0 saturated heterocycles. The number of hydrogen-bond acceptors (Lipinski definition) is 4. The van der Waals surface area contributed by atoms with E-state index >= 15 is 0 Å². The Morgan fingerprint density at radius 2 is 0.941 bits per heavy atom. The van der Waals surface area contributed by atoms with Crippen LogP contribution in [0.1, 0.15) is 27.7 Å². The molecule has 0 atom stereocenters. The van der Waals surface area contributed by atoms with E-state index in [0.29, 0.717) is 8.64 Å². The molecule has 0 amide bonds. The van der Waals surface area contributed by atoms with Gasteiger partial charge in [-0.25, -0.2) is 0 Å². The molecular weight excluding hydrogens is 389 g/mol. The fourth-order valence-electron chi connectivity index (χ4n) is 0.964. The van der Waals surface area contributed by atoms with Crippen LogP contribution in [0.25, 0.3) is 0 Å². The van der Waals surface area contributed by atoms with Gasteiger partial charge in [0.05, 0.1) is 0 Å². The summed E-state index contributed by atoms with van der Waals surface area (Å²) in [7, 11) is 0. The molecule has 96 valence electrons. The molecule has 0 aromatic heterocycles. The Kier molecular flexibility index (Phi) is 20.8. The monoisotopic (exact) mass is 410 g/mol. The largest absolute Gasteiger partial charge is 2.00 e. The average molecular weight is 409 g/mol. The molecule has 0 aliphatic heterocycles. The first-order chi connectivity index (χ1) is 7.44. The molecule has 0 N–H and O–H groups in total. The Morgan fingerprint density at radius 3 is 0.941 bits per heavy atom. The second kappa shape index (κ2) is 15.2. The molecule has 0 aromatic rings. The average Bonchev–Trinajstić information content (AvgIpc) is 2.21. The van der Waals surface area contributed by atoms with Gasteiger partial charge in [-0.1, -0.05) is 8.64 Å². The second-order valence-corrected chi connectivity index (χ2v) is 4.94. The third-order valence-electron chi connectivity index (χ3n) is 2.04. The minimum Gasteiger partial charge on any atom is -0.411 e. The van der Waals surface area contributed by atoms with Crippen LogP contribution in [0.15, 0.2) is 0 Å². The minimum absolute atomic E-state index is 0. The normalized spacial score (nSPS) is 8.24. The maximum atomic E-state index is 4.76. The zero-order valence-corrected chi connectivity index (χ0v) is 18.4. The predicted molar refractivity (Wildman–Crippen MR) is 85.8 cm³/mol. The molecule has 0 spiro atoms. The molecule has 0 saturated carbocycles. The van der Waals surface area contributed by atoms with Gasteiger partial charge in [-0.05, 0) is 27.7 Å². The third-order valence-corrected chi connectivity index (χ3v) is 3.08. The first kappa shape index (κ1) is 23.3. The van der Waals surface area contributed by atoms with Crippen LogP contribution in [-0.4, -0.2) is 44.6 Å². The van der Waals surface area contributed by atoms with Gasteiger partial charge in [0.2, 0.25) is 0 Å². The molecule has 2 nitrogen and oxygen atoms in total. The first-order valence-corrected chi connectivity index (χ1v) is 6.99. The van der Waals surface area contributed by atoms with Crippen LogP contribution in [0.3, 0.4) is 0 Å². The van der Waals surface area contributed by atoms with E-state index in [-0.39, 0.29) is 27.3 Å². The Bertz CT molecular complexity index is 184. The van der Waals surface area contributed by atoms with Gasteiger partial charge < -0.3 is 59.5 Å². The van der Waals surface area contributed by atoms with Gasteiger partial charge in [-0.15, -0.1) is 0 Å². The quantitative estimate of drug-likeness (QED) is 0.397. The summed E-state index contributed by atoms with van der Waals surface area (Å²) in [4.78, 5) is 3.93. The van der Waals surface area contributed by atoms with Crippen LogP contribution in [-0.2, 0) is 52.6 Å². The van der Waals surface area contributed by atoms with Gasteiger partial charge in [-0.2, -0.15) is 0 Å². The predicted octanol–water partition coefficient (Wildman–Crippen LogP) is 2.32. The standard InChI is InChI=1S/2C5H11NS2.Cd/c2*1-3-6(4-2)5(7)8;/h2*3-4H2,1-2H3,(H,7,8);/q;;+2/p-2. The maximum absolute atomic E-state index is 4.76. The first-order valence-electron chi connectivity index (χ1n) is 5.36. The van der Waals surface area contributed by atoms with E-state index in [1.807, 2.05) is 37.5 Å². The van der Waals surface area contributed by atoms with Crippen molar-refractivity contribution >= 4 is 58.3 Å². The number of thiocarbonyl (C=S) groups is 2. The molecule has 0 heterocycles. The van der Waals surface area contributed by atoms with Gasteiger partial charge >= 0.3 is 27.3 Å². The molecule has 0 unspecified atom stereocenters. The Labute approximate surface area is 148 Å². The molecule has 0 radical (unpaired) electrons. The van der Waals surface area contributed by atoms with E-state index < -0.39 is 0 Å². The third kappa shape index (κ3) is 13.4. The van der Waals surface area contributed by atoms with Crippen LogP contribution < -0.4 is 0 Å². The van der Waals surface area contributed by atoms with Crippen molar-refractivity contribution in [3.63, 3.8) is 0 Å². The van der Waals surface area contributed by atoms with Crippen LogP contribution in [0.5, 0.6) is 0 Å². The minimum atomic E-state index is 0. The zero-order valence-electron chi connectivity index (χ0n) is 11.1. The Balaban J connectivity index is -0.000000218. The van der Waals surface area contributed by atoms with Gasteiger partial charge in [0, 0.05) is 26.2 Å². The van der Waals surface area contributed by atoms with Crippen molar-refractivity contribution in [3.05, 3.63) is 0 Å². The van der Waals surface area contributed by atoms with Crippen molar-refractivity contribution in [1.29, 1.82) is 0 Å². The molecule has 17 heavy (non-hydrogen) atoms. The molecule has 0 aromatic carbocycles. The molecule has 0 rings (SSSR count). The molecule has 0 aliphatic rings. The van der Waals surface area contributed by atoms with Gasteiger partial charge in [0.25, 0.3) is 0 Å². The molecule has 0 fully saturated rings. The summed E-state index contributed by atoms with van der Waals surface area (Å²) >= 11 is 19.0. The molecular formula is C10H20CdN2S4. The summed E-state index contributed by atoms with van der Waals surface area (Å²) < 4.78 is 1.16. The van der Waals surface area contributed by atoms with Crippen LogP contribution in [0.2, 0.25) is 0 Å². The summed E-state index contributed by atoms with van der Waals surface area (Å²) in [6.45, 7) is 11.9. The van der Waals surface area contributed by atoms with Crippen LogP contribution >= 0.6 is 24.4 Å². The summed E-state index contributed by atoms with van der Waals surface area (Å²) in [5.74, 6) is 0. The van der Waals surface area contributed by atoms with Gasteiger partial charge in [0.1, 0.15) is 0 Å². The molecule has 0 aliphatic carbocycles. The zero-order chi connectivity index (χ0) is 13.1. The van der Waals surface area contributed by atoms with E-state index in [0.717, 1.165) is 26.2 Å². The number of hydrogen-bond donors (Lipinski definition) is 0. The van der Waals surface area contributed by atoms with E-state index in [9.17, 15) is 0 Å². The number of nitrogens with zero attached hydrogens (tertiary/aromatic N) is 2. The molecule has 0 bridgehead atoms. The smallest absolute Gasteiger partial charge is 0.411 e. The summed E-state index contributed by atoms with van der Waals surface area (Å²) in [6.07, 6.45) is 0. The SMILES string of the molecule is CCN(CC)C(=S)[S-].CCN(CC)C(=S)[S-].[Cd+2]. The van der Waals surface area contributed by atoms with E-state index in [1.165, 1.54) is 0 Å². The van der Waals surface area contributed by atoms with Gasteiger partial charge in [-0.3, -0.25) is 0 Å². The van der Waals surface area contributed by atoms with Crippen molar-refractivity contribution in [1.82, 2.24) is 9.80 Å². The van der Waals surface area contributed by atoms with E-state index in [2.05, 4.69) is 0 Å². The van der Waals surface area contributed by atoms with Crippen molar-refractivity contribution < 1.29 is 27.3 Å². The van der Waals surface area contributed by atoms with Gasteiger partial charge in [0.15, 0.2) is 0 Å². The molecule has 7 heteroatoms. The second-order valence-electron chi connectivity index (χ2n) is 2.88. The van der Waals surface area contributed by atoms with Crippen molar-refractivity contribution in [2.45, 2.75) is 27.7 Å². The van der Waals surface area contributed by atoms with Crippen molar-refractivity contribution in [2.24, 2.45) is 0 Å².